The van der Waals surface area contributed by atoms with E-state index in [0.29, 0.717) is 18.5 Å². The fourth-order valence-electron chi connectivity index (χ4n) is 2.84. The Hall–Kier alpha value is -3.52. The molecule has 0 atom stereocenters. The number of aryl methyl sites for hydroxylation is 2. The van der Waals surface area contributed by atoms with Crippen LogP contribution in [0.1, 0.15) is 17.5 Å². The highest BCUT2D eigenvalue weighted by molar-refractivity contribution is 7.91. The van der Waals surface area contributed by atoms with Crippen molar-refractivity contribution in [3.8, 4) is 0 Å². The molecule has 0 aromatic heterocycles. The van der Waals surface area contributed by atoms with E-state index in [-0.39, 0.29) is 21.4 Å². The summed E-state index contributed by atoms with van der Waals surface area (Å²) in [6.07, 6.45) is 0.921. The van der Waals surface area contributed by atoms with Crippen molar-refractivity contribution in [1.29, 1.82) is 0 Å². The highest BCUT2D eigenvalue weighted by atomic mass is 32.2. The molecule has 0 aliphatic heterocycles. The lowest BCUT2D eigenvalue weighted by molar-refractivity contribution is -0.384. The van der Waals surface area contributed by atoms with Crippen molar-refractivity contribution >= 4 is 27.1 Å². The summed E-state index contributed by atoms with van der Waals surface area (Å²) >= 11 is 0. The normalized spacial score (nSPS) is 11.1. The molecule has 1 amide bonds. The molecule has 0 fully saturated rings. The first-order valence-electron chi connectivity index (χ1n) is 9.21. The van der Waals surface area contributed by atoms with E-state index in [0.717, 1.165) is 23.3 Å². The zero-order valence-corrected chi connectivity index (χ0v) is 17.1. The summed E-state index contributed by atoms with van der Waals surface area (Å²) in [5.41, 5.74) is 2.54. The van der Waals surface area contributed by atoms with Crippen molar-refractivity contribution in [3.63, 3.8) is 0 Å². The third kappa shape index (κ3) is 5.09. The number of non-ortho nitro benzene ring substituents is 1. The number of nitro benzene ring substituents is 1. The number of carbonyl (C=O) groups excluding carboxylic acids is 1. The number of rotatable bonds is 7. The zero-order valence-electron chi connectivity index (χ0n) is 16.2. The third-order valence-electron chi connectivity index (χ3n) is 4.57. The van der Waals surface area contributed by atoms with E-state index >= 15 is 0 Å². The molecule has 0 spiro atoms. The molecule has 3 rings (SSSR count). The van der Waals surface area contributed by atoms with E-state index in [2.05, 4.69) is 5.32 Å². The number of anilines is 1. The van der Waals surface area contributed by atoms with E-state index in [1.165, 1.54) is 36.4 Å². The van der Waals surface area contributed by atoms with Crippen LogP contribution in [0.15, 0.2) is 82.6 Å². The molecular weight excluding hydrogens is 404 g/mol. The average molecular weight is 424 g/mol. The van der Waals surface area contributed by atoms with Gasteiger partial charge in [0.2, 0.25) is 15.7 Å². The lowest BCUT2D eigenvalue weighted by Gasteiger charge is -2.08. The fourth-order valence-corrected chi connectivity index (χ4v) is 4.10. The van der Waals surface area contributed by atoms with Crippen molar-refractivity contribution in [2.24, 2.45) is 0 Å². The Morgan fingerprint density at radius 3 is 1.97 bits per heavy atom. The maximum atomic E-state index is 12.7. The molecule has 3 aromatic rings. The molecular formula is C22H20N2O5S. The number of sulfone groups is 1. The number of amides is 1. The van der Waals surface area contributed by atoms with Crippen LogP contribution in [0.2, 0.25) is 0 Å². The molecule has 154 valence electrons. The van der Waals surface area contributed by atoms with Crippen LogP contribution in [-0.4, -0.2) is 19.2 Å². The van der Waals surface area contributed by atoms with E-state index < -0.39 is 14.8 Å². The summed E-state index contributed by atoms with van der Waals surface area (Å²) < 4.78 is 25.3. The van der Waals surface area contributed by atoms with Crippen LogP contribution in [-0.2, 0) is 21.1 Å². The van der Waals surface area contributed by atoms with Crippen molar-refractivity contribution < 1.29 is 18.1 Å². The van der Waals surface area contributed by atoms with Gasteiger partial charge in [-0.25, -0.2) is 8.42 Å². The molecule has 8 heteroatoms. The van der Waals surface area contributed by atoms with Gasteiger partial charge in [-0.05, 0) is 55.3 Å². The Morgan fingerprint density at radius 2 is 1.43 bits per heavy atom. The number of hydrogen-bond acceptors (Lipinski definition) is 5. The molecule has 0 heterocycles. The number of carbonyl (C=O) groups is 1. The van der Waals surface area contributed by atoms with Gasteiger partial charge in [0.1, 0.15) is 0 Å². The molecule has 0 radical (unpaired) electrons. The monoisotopic (exact) mass is 424 g/mol. The van der Waals surface area contributed by atoms with Crippen molar-refractivity contribution in [1.82, 2.24) is 0 Å². The lowest BCUT2D eigenvalue weighted by atomic mass is 10.1. The summed E-state index contributed by atoms with van der Waals surface area (Å²) in [7, 11) is -3.81. The molecule has 7 nitrogen and oxygen atoms in total. The van der Waals surface area contributed by atoms with Gasteiger partial charge in [-0.2, -0.15) is 0 Å². The van der Waals surface area contributed by atoms with Crippen LogP contribution < -0.4 is 5.32 Å². The van der Waals surface area contributed by atoms with Gasteiger partial charge < -0.3 is 5.32 Å². The maximum absolute atomic E-state index is 12.7. The predicted octanol–water partition coefficient (Wildman–Crippen LogP) is 4.31. The molecule has 0 bridgehead atoms. The van der Waals surface area contributed by atoms with Crippen LogP contribution in [0.25, 0.3) is 0 Å². The number of nitro groups is 1. The molecule has 0 saturated carbocycles. The Morgan fingerprint density at radius 1 is 0.900 bits per heavy atom. The first-order chi connectivity index (χ1) is 14.3. The summed E-state index contributed by atoms with van der Waals surface area (Å²) in [5.74, 6) is -0.165. The van der Waals surface area contributed by atoms with Gasteiger partial charge in [0.25, 0.3) is 5.69 Å². The van der Waals surface area contributed by atoms with Gasteiger partial charge in [-0.15, -0.1) is 0 Å². The van der Waals surface area contributed by atoms with Gasteiger partial charge in [0, 0.05) is 24.2 Å². The minimum atomic E-state index is -3.81. The van der Waals surface area contributed by atoms with E-state index in [4.69, 9.17) is 0 Å². The van der Waals surface area contributed by atoms with Crippen LogP contribution in [0.4, 0.5) is 11.4 Å². The second-order valence-corrected chi connectivity index (χ2v) is 8.76. The Bertz CT molecular complexity index is 1150. The lowest BCUT2D eigenvalue weighted by Crippen LogP contribution is -2.12. The topological polar surface area (TPSA) is 106 Å². The SMILES string of the molecule is Cc1ccc(CCC(=O)Nc2ccc(S(=O)(=O)c3ccc([N+](=O)[O-])cc3)cc2)cc1. The molecule has 3 aromatic carbocycles. The highest BCUT2D eigenvalue weighted by Gasteiger charge is 2.19. The third-order valence-corrected chi connectivity index (χ3v) is 6.35. The Kier molecular flexibility index (Phi) is 6.27. The first-order valence-corrected chi connectivity index (χ1v) is 10.7. The number of nitrogens with one attached hydrogen (secondary N) is 1. The van der Waals surface area contributed by atoms with E-state index in [1.807, 2.05) is 31.2 Å². The van der Waals surface area contributed by atoms with Gasteiger partial charge in [-0.3, -0.25) is 14.9 Å². The van der Waals surface area contributed by atoms with Crippen molar-refractivity contribution in [3.05, 3.63) is 94.0 Å². The quantitative estimate of drug-likeness (QED) is 0.449. The summed E-state index contributed by atoms with van der Waals surface area (Å²) in [6.45, 7) is 2.00. The van der Waals surface area contributed by atoms with E-state index in [1.54, 1.807) is 0 Å². The Balaban J connectivity index is 1.64. The first kappa shape index (κ1) is 21.2. The van der Waals surface area contributed by atoms with Gasteiger partial charge in [0.05, 0.1) is 14.7 Å². The molecule has 1 N–H and O–H groups in total. The van der Waals surface area contributed by atoms with E-state index in [9.17, 15) is 23.3 Å². The van der Waals surface area contributed by atoms with Gasteiger partial charge in [-0.1, -0.05) is 29.8 Å². The van der Waals surface area contributed by atoms with Crippen LogP contribution >= 0.6 is 0 Å². The molecule has 0 unspecified atom stereocenters. The largest absolute Gasteiger partial charge is 0.326 e. The van der Waals surface area contributed by atoms with Crippen LogP contribution in [0, 0.1) is 17.0 Å². The highest BCUT2D eigenvalue weighted by Crippen LogP contribution is 2.24. The minimum Gasteiger partial charge on any atom is -0.326 e. The number of benzene rings is 3. The van der Waals surface area contributed by atoms with Crippen LogP contribution in [0.5, 0.6) is 0 Å². The van der Waals surface area contributed by atoms with Crippen LogP contribution in [0.3, 0.4) is 0 Å². The zero-order chi connectivity index (χ0) is 21.7. The second-order valence-electron chi connectivity index (χ2n) is 6.81. The summed E-state index contributed by atoms with van der Waals surface area (Å²) in [4.78, 5) is 22.3. The molecule has 0 aliphatic carbocycles. The minimum absolute atomic E-state index is 0.0361. The fraction of sp³-hybridized carbons (Fsp3) is 0.136. The van der Waals surface area contributed by atoms with Gasteiger partial charge in [0.15, 0.2) is 0 Å². The predicted molar refractivity (Wildman–Crippen MR) is 113 cm³/mol. The van der Waals surface area contributed by atoms with Crippen molar-refractivity contribution in [2.45, 2.75) is 29.6 Å². The molecule has 30 heavy (non-hydrogen) atoms. The van der Waals surface area contributed by atoms with Gasteiger partial charge >= 0.3 is 0 Å². The molecule has 0 aliphatic rings. The standard InChI is InChI=1S/C22H20N2O5S/c1-16-2-4-17(5-3-16)6-15-22(25)23-18-7-11-20(12-8-18)30(28,29)21-13-9-19(10-14-21)24(26)27/h2-5,7-14H,6,15H2,1H3,(H,23,25). The number of nitrogens with zero attached hydrogens (tertiary/aromatic N) is 1. The summed E-state index contributed by atoms with van der Waals surface area (Å²) in [6, 6.07) is 18.5. The summed E-state index contributed by atoms with van der Waals surface area (Å²) in [5, 5.41) is 13.5. The second kappa shape index (κ2) is 8.87. The Labute approximate surface area is 174 Å². The smallest absolute Gasteiger partial charge is 0.269 e. The van der Waals surface area contributed by atoms with Crippen molar-refractivity contribution in [2.75, 3.05) is 5.32 Å². The number of hydrogen-bond donors (Lipinski definition) is 1. The molecule has 0 saturated heterocycles. The average Bonchev–Trinajstić information content (AvgIpc) is 2.74. The maximum Gasteiger partial charge on any atom is 0.269 e.